The Hall–Kier alpha value is -2.26. The molecule has 0 fully saturated rings. The van der Waals surface area contributed by atoms with E-state index in [1.54, 1.807) is 54.6 Å². The van der Waals surface area contributed by atoms with E-state index in [9.17, 15) is 14.7 Å². The van der Waals surface area contributed by atoms with Crippen LogP contribution in [-0.4, -0.2) is 17.2 Å². The normalized spacial score (nSPS) is 13.6. The van der Waals surface area contributed by atoms with Crippen LogP contribution in [-0.2, 0) is 10.4 Å². The van der Waals surface area contributed by atoms with Crippen LogP contribution in [0, 0.1) is 0 Å². The molecule has 0 aliphatic carbocycles. The van der Waals surface area contributed by atoms with Gasteiger partial charge >= 0.3 is 0 Å². The highest BCUT2D eigenvalue weighted by atomic mass is 16.3. The lowest BCUT2D eigenvalue weighted by Crippen LogP contribution is -2.31. The Morgan fingerprint density at radius 3 is 2.21 bits per heavy atom. The average Bonchev–Trinajstić information content (AvgIpc) is 2.47. The zero-order chi connectivity index (χ0) is 13.9. The second-order valence-corrected chi connectivity index (χ2v) is 4.35. The number of ketones is 1. The lowest BCUT2D eigenvalue weighted by atomic mass is 9.84. The Morgan fingerprint density at radius 2 is 1.63 bits per heavy atom. The van der Waals surface area contributed by atoms with Gasteiger partial charge in [0, 0.05) is 11.1 Å². The van der Waals surface area contributed by atoms with Gasteiger partial charge in [-0.2, -0.15) is 0 Å². The number of hydrogen-bond acceptors (Lipinski definition) is 3. The monoisotopic (exact) mass is 254 g/mol. The Bertz CT molecular complexity index is 604. The summed E-state index contributed by atoms with van der Waals surface area (Å²) in [7, 11) is 0. The van der Waals surface area contributed by atoms with Crippen molar-refractivity contribution in [2.75, 3.05) is 0 Å². The van der Waals surface area contributed by atoms with E-state index in [0.29, 0.717) is 23.0 Å². The maximum Gasteiger partial charge on any atom is 0.171 e. The number of aliphatic hydroxyl groups is 1. The van der Waals surface area contributed by atoms with Gasteiger partial charge in [0.15, 0.2) is 17.7 Å². The lowest BCUT2D eigenvalue weighted by Gasteiger charge is -2.24. The summed E-state index contributed by atoms with van der Waals surface area (Å²) in [5.74, 6) is -0.188. The van der Waals surface area contributed by atoms with Crippen molar-refractivity contribution < 1.29 is 14.7 Å². The van der Waals surface area contributed by atoms with Crippen molar-refractivity contribution in [2.24, 2.45) is 0 Å². The first-order chi connectivity index (χ1) is 9.09. The smallest absolute Gasteiger partial charge is 0.171 e. The third-order valence-corrected chi connectivity index (χ3v) is 3.10. The van der Waals surface area contributed by atoms with Crippen molar-refractivity contribution in [3.8, 4) is 0 Å². The Morgan fingerprint density at radius 1 is 1.05 bits per heavy atom. The highest BCUT2D eigenvalue weighted by molar-refractivity contribution is 5.97. The van der Waals surface area contributed by atoms with Gasteiger partial charge in [0.2, 0.25) is 0 Å². The SMILES string of the molecule is CC(=O)c1ccccc1C(O)(C=O)c1ccccc1. The van der Waals surface area contributed by atoms with E-state index in [-0.39, 0.29) is 5.78 Å². The summed E-state index contributed by atoms with van der Waals surface area (Å²) in [4.78, 5) is 23.1. The van der Waals surface area contributed by atoms with Gasteiger partial charge in [-0.1, -0.05) is 54.6 Å². The molecule has 1 N–H and O–H groups in total. The minimum atomic E-state index is -1.80. The van der Waals surface area contributed by atoms with Gasteiger partial charge in [0.1, 0.15) is 0 Å². The molecular weight excluding hydrogens is 240 g/mol. The summed E-state index contributed by atoms with van der Waals surface area (Å²) in [5, 5.41) is 10.7. The minimum Gasteiger partial charge on any atom is -0.373 e. The van der Waals surface area contributed by atoms with Crippen molar-refractivity contribution >= 4 is 12.1 Å². The van der Waals surface area contributed by atoms with Crippen LogP contribution in [0.1, 0.15) is 28.4 Å². The first-order valence-corrected chi connectivity index (χ1v) is 5.94. The molecule has 1 atom stereocenters. The quantitative estimate of drug-likeness (QED) is 0.673. The topological polar surface area (TPSA) is 54.4 Å². The van der Waals surface area contributed by atoms with E-state index in [0.717, 1.165) is 0 Å². The fourth-order valence-electron chi connectivity index (χ4n) is 2.10. The second kappa shape index (κ2) is 5.16. The van der Waals surface area contributed by atoms with Crippen LogP contribution in [0.4, 0.5) is 0 Å². The predicted molar refractivity (Wildman–Crippen MR) is 72.0 cm³/mol. The number of Topliss-reactive ketones (excluding diaryl/α,β-unsaturated/α-hetero) is 1. The van der Waals surface area contributed by atoms with Crippen LogP contribution in [0.2, 0.25) is 0 Å². The van der Waals surface area contributed by atoms with Crippen LogP contribution in [0.5, 0.6) is 0 Å². The zero-order valence-corrected chi connectivity index (χ0v) is 10.5. The van der Waals surface area contributed by atoms with E-state index in [1.165, 1.54) is 6.92 Å². The van der Waals surface area contributed by atoms with E-state index in [1.807, 2.05) is 0 Å². The third kappa shape index (κ3) is 2.33. The molecule has 0 aromatic heterocycles. The van der Waals surface area contributed by atoms with Crippen molar-refractivity contribution in [3.05, 3.63) is 71.3 Å². The van der Waals surface area contributed by atoms with E-state index < -0.39 is 5.60 Å². The van der Waals surface area contributed by atoms with Gasteiger partial charge in [0.25, 0.3) is 0 Å². The summed E-state index contributed by atoms with van der Waals surface area (Å²) in [6.07, 6.45) is 0.462. The molecule has 2 aromatic carbocycles. The molecule has 0 spiro atoms. The summed E-state index contributed by atoms with van der Waals surface area (Å²) in [6.45, 7) is 1.41. The molecular formula is C16H14O3. The van der Waals surface area contributed by atoms with Gasteiger partial charge < -0.3 is 5.11 Å². The molecule has 0 amide bonds. The first kappa shape index (κ1) is 13.2. The van der Waals surface area contributed by atoms with Gasteiger partial charge in [0.05, 0.1) is 0 Å². The van der Waals surface area contributed by atoms with Gasteiger partial charge in [-0.15, -0.1) is 0 Å². The zero-order valence-electron chi connectivity index (χ0n) is 10.5. The van der Waals surface area contributed by atoms with Crippen molar-refractivity contribution in [2.45, 2.75) is 12.5 Å². The summed E-state index contributed by atoms with van der Waals surface area (Å²) in [6, 6.07) is 15.2. The number of rotatable bonds is 4. The predicted octanol–water partition coefficient (Wildman–Crippen LogP) is 2.32. The molecule has 1 unspecified atom stereocenters. The van der Waals surface area contributed by atoms with E-state index >= 15 is 0 Å². The average molecular weight is 254 g/mol. The number of carbonyl (C=O) groups excluding carboxylic acids is 2. The lowest BCUT2D eigenvalue weighted by molar-refractivity contribution is -0.121. The maximum atomic E-state index is 11.6. The largest absolute Gasteiger partial charge is 0.373 e. The molecule has 2 aromatic rings. The molecule has 19 heavy (non-hydrogen) atoms. The van der Waals surface area contributed by atoms with Gasteiger partial charge in [-0.05, 0) is 12.5 Å². The molecule has 0 aliphatic rings. The fraction of sp³-hybridized carbons (Fsp3) is 0.125. The molecule has 0 radical (unpaired) electrons. The number of carbonyl (C=O) groups is 2. The molecule has 2 rings (SSSR count). The van der Waals surface area contributed by atoms with E-state index in [2.05, 4.69) is 0 Å². The molecule has 0 bridgehead atoms. The number of hydrogen-bond donors (Lipinski definition) is 1. The summed E-state index contributed by atoms with van der Waals surface area (Å²) < 4.78 is 0. The molecule has 0 saturated carbocycles. The molecule has 3 heteroatoms. The van der Waals surface area contributed by atoms with Gasteiger partial charge in [-0.3, -0.25) is 9.59 Å². The third-order valence-electron chi connectivity index (χ3n) is 3.10. The van der Waals surface area contributed by atoms with Crippen LogP contribution in [0.25, 0.3) is 0 Å². The summed E-state index contributed by atoms with van der Waals surface area (Å²) in [5.41, 5.74) is -0.702. The number of benzene rings is 2. The first-order valence-electron chi connectivity index (χ1n) is 5.94. The van der Waals surface area contributed by atoms with Crippen molar-refractivity contribution in [3.63, 3.8) is 0 Å². The molecule has 0 heterocycles. The van der Waals surface area contributed by atoms with Crippen molar-refractivity contribution in [1.29, 1.82) is 0 Å². The summed E-state index contributed by atoms with van der Waals surface area (Å²) >= 11 is 0. The van der Waals surface area contributed by atoms with E-state index in [4.69, 9.17) is 0 Å². The van der Waals surface area contributed by atoms with Crippen LogP contribution < -0.4 is 0 Å². The minimum absolute atomic E-state index is 0.188. The van der Waals surface area contributed by atoms with Crippen LogP contribution >= 0.6 is 0 Å². The van der Waals surface area contributed by atoms with Crippen molar-refractivity contribution in [1.82, 2.24) is 0 Å². The Kier molecular flexibility index (Phi) is 3.58. The highest BCUT2D eigenvalue weighted by Gasteiger charge is 2.33. The van der Waals surface area contributed by atoms with Crippen LogP contribution in [0.15, 0.2) is 54.6 Å². The fourth-order valence-corrected chi connectivity index (χ4v) is 2.10. The molecule has 3 nitrogen and oxygen atoms in total. The maximum absolute atomic E-state index is 11.6. The number of aldehydes is 1. The van der Waals surface area contributed by atoms with Gasteiger partial charge in [-0.25, -0.2) is 0 Å². The van der Waals surface area contributed by atoms with Crippen LogP contribution in [0.3, 0.4) is 0 Å². The molecule has 0 saturated heterocycles. The molecule has 96 valence electrons. The Labute approximate surface area is 111 Å². The molecule has 0 aliphatic heterocycles. The second-order valence-electron chi connectivity index (χ2n) is 4.35. The Balaban J connectivity index is 2.66. The highest BCUT2D eigenvalue weighted by Crippen LogP contribution is 2.30. The standard InChI is InChI=1S/C16H14O3/c1-12(18)14-9-5-6-10-15(14)16(19,11-17)13-7-3-2-4-8-13/h2-11,19H,1H3.